The minimum atomic E-state index is -0.311. The molecule has 4 heteroatoms. The third kappa shape index (κ3) is 5.82. The first-order valence-electron chi connectivity index (χ1n) is 3.70. The Morgan fingerprint density at radius 1 is 1.73 bits per heavy atom. The molecular weight excluding hydrogens is 144 g/mol. The van der Waals surface area contributed by atoms with Crippen LogP contribution in [0, 0.1) is 5.92 Å². The van der Waals surface area contributed by atoms with Crippen LogP contribution in [0.5, 0.6) is 0 Å². The molecule has 0 aromatic carbocycles. The molecule has 0 spiro atoms. The highest BCUT2D eigenvalue weighted by Crippen LogP contribution is 1.92. The van der Waals surface area contributed by atoms with Gasteiger partial charge in [0, 0.05) is 6.54 Å². The van der Waals surface area contributed by atoms with Gasteiger partial charge in [-0.1, -0.05) is 6.92 Å². The number of nitrogens with two attached hydrogens (primary N) is 1. The average molecular weight is 160 g/mol. The monoisotopic (exact) mass is 160 g/mol. The van der Waals surface area contributed by atoms with Crippen molar-refractivity contribution in [2.75, 3.05) is 26.8 Å². The highest BCUT2D eigenvalue weighted by atomic mass is 16.5. The van der Waals surface area contributed by atoms with Gasteiger partial charge in [-0.3, -0.25) is 4.79 Å². The van der Waals surface area contributed by atoms with Crippen LogP contribution < -0.4 is 11.1 Å². The summed E-state index contributed by atoms with van der Waals surface area (Å²) < 4.78 is 5.13. The van der Waals surface area contributed by atoms with Gasteiger partial charge in [-0.2, -0.15) is 0 Å². The van der Waals surface area contributed by atoms with Crippen molar-refractivity contribution in [1.82, 2.24) is 5.32 Å². The minimum absolute atomic E-state index is 0.188. The first-order valence-corrected chi connectivity index (χ1v) is 3.70. The second-order valence-corrected chi connectivity index (χ2v) is 2.48. The van der Waals surface area contributed by atoms with E-state index in [2.05, 4.69) is 5.32 Å². The average Bonchev–Trinajstić information content (AvgIpc) is 1.97. The Labute approximate surface area is 67.1 Å². The number of hydrogen-bond acceptors (Lipinski definition) is 3. The lowest BCUT2D eigenvalue weighted by Gasteiger charge is -2.07. The van der Waals surface area contributed by atoms with E-state index in [0.29, 0.717) is 13.2 Å². The predicted molar refractivity (Wildman–Crippen MR) is 43.1 cm³/mol. The Bertz CT molecular complexity index is 117. The molecule has 1 amide bonds. The Kier molecular flexibility index (Phi) is 5.78. The van der Waals surface area contributed by atoms with E-state index in [0.717, 1.165) is 6.54 Å². The summed E-state index contributed by atoms with van der Waals surface area (Å²) in [5, 5.41) is 2.93. The zero-order valence-corrected chi connectivity index (χ0v) is 7.09. The van der Waals surface area contributed by atoms with Crippen molar-refractivity contribution in [2.45, 2.75) is 6.92 Å². The van der Waals surface area contributed by atoms with Crippen LogP contribution in [0.3, 0.4) is 0 Å². The largest absolute Gasteiger partial charge is 0.379 e. The van der Waals surface area contributed by atoms with Crippen LogP contribution in [0.1, 0.15) is 6.92 Å². The molecule has 11 heavy (non-hydrogen) atoms. The molecule has 0 radical (unpaired) electrons. The minimum Gasteiger partial charge on any atom is -0.379 e. The molecule has 0 rings (SSSR count). The van der Waals surface area contributed by atoms with Crippen molar-refractivity contribution in [1.29, 1.82) is 0 Å². The topological polar surface area (TPSA) is 64.3 Å². The van der Waals surface area contributed by atoms with Crippen molar-refractivity contribution in [2.24, 2.45) is 11.7 Å². The maximum Gasteiger partial charge on any atom is 0.222 e. The second-order valence-electron chi connectivity index (χ2n) is 2.48. The summed E-state index contributed by atoms with van der Waals surface area (Å²) in [5.41, 5.74) is 5.02. The standard InChI is InChI=1S/C7H16N2O2/c1-6(7(8)10)5-11-4-3-9-2/h6,9H,3-5H2,1-2H3,(H2,8,10). The highest BCUT2D eigenvalue weighted by molar-refractivity contribution is 5.76. The number of nitrogens with one attached hydrogen (secondary N) is 1. The zero-order valence-electron chi connectivity index (χ0n) is 7.09. The maximum absolute atomic E-state index is 10.5. The number of carbonyl (C=O) groups excluding carboxylic acids is 1. The molecule has 0 bridgehead atoms. The summed E-state index contributed by atoms with van der Waals surface area (Å²) in [6, 6.07) is 0. The summed E-state index contributed by atoms with van der Waals surface area (Å²) in [6.45, 7) is 3.58. The maximum atomic E-state index is 10.5. The van der Waals surface area contributed by atoms with Crippen LogP contribution in [0.15, 0.2) is 0 Å². The highest BCUT2D eigenvalue weighted by Gasteiger charge is 2.07. The Hall–Kier alpha value is -0.610. The summed E-state index contributed by atoms with van der Waals surface area (Å²) in [6.07, 6.45) is 0. The van der Waals surface area contributed by atoms with Crippen molar-refractivity contribution in [3.63, 3.8) is 0 Å². The third-order valence-electron chi connectivity index (χ3n) is 1.35. The fraction of sp³-hybridized carbons (Fsp3) is 0.857. The van der Waals surface area contributed by atoms with Crippen molar-refractivity contribution >= 4 is 5.91 Å². The van der Waals surface area contributed by atoms with Crippen molar-refractivity contribution < 1.29 is 9.53 Å². The number of carbonyl (C=O) groups is 1. The fourth-order valence-corrected chi connectivity index (χ4v) is 0.516. The number of likely N-dealkylation sites (N-methyl/N-ethyl adjacent to an activating group) is 1. The second kappa shape index (κ2) is 6.12. The Morgan fingerprint density at radius 3 is 2.82 bits per heavy atom. The number of ether oxygens (including phenoxy) is 1. The zero-order chi connectivity index (χ0) is 8.69. The molecule has 1 unspecified atom stereocenters. The number of hydrogen-bond donors (Lipinski definition) is 2. The molecule has 0 heterocycles. The smallest absolute Gasteiger partial charge is 0.222 e. The van der Waals surface area contributed by atoms with Crippen LogP contribution in [0.25, 0.3) is 0 Å². The predicted octanol–water partition coefficient (Wildman–Crippen LogP) is -0.656. The normalized spacial score (nSPS) is 12.9. The van der Waals surface area contributed by atoms with Crippen LogP contribution in [-0.2, 0) is 9.53 Å². The van der Waals surface area contributed by atoms with Gasteiger partial charge in [-0.05, 0) is 7.05 Å². The van der Waals surface area contributed by atoms with E-state index < -0.39 is 0 Å². The van der Waals surface area contributed by atoms with E-state index in [-0.39, 0.29) is 11.8 Å². The first kappa shape index (κ1) is 10.4. The SMILES string of the molecule is CNCCOCC(C)C(N)=O. The molecule has 3 N–H and O–H groups in total. The van der Waals surface area contributed by atoms with E-state index in [1.807, 2.05) is 7.05 Å². The summed E-state index contributed by atoms with van der Waals surface area (Å²) in [4.78, 5) is 10.5. The molecule has 0 saturated heterocycles. The van der Waals surface area contributed by atoms with Gasteiger partial charge in [0.05, 0.1) is 19.1 Å². The van der Waals surface area contributed by atoms with E-state index in [4.69, 9.17) is 10.5 Å². The molecule has 1 atom stereocenters. The van der Waals surface area contributed by atoms with Crippen molar-refractivity contribution in [3.05, 3.63) is 0 Å². The third-order valence-corrected chi connectivity index (χ3v) is 1.35. The lowest BCUT2D eigenvalue weighted by molar-refractivity contribution is -0.123. The molecule has 4 nitrogen and oxygen atoms in total. The number of amides is 1. The molecule has 0 fully saturated rings. The van der Waals surface area contributed by atoms with Gasteiger partial charge in [-0.25, -0.2) is 0 Å². The summed E-state index contributed by atoms with van der Waals surface area (Å²) >= 11 is 0. The van der Waals surface area contributed by atoms with E-state index in [9.17, 15) is 4.79 Å². The van der Waals surface area contributed by atoms with Gasteiger partial charge >= 0.3 is 0 Å². The van der Waals surface area contributed by atoms with Gasteiger partial charge < -0.3 is 15.8 Å². The fourth-order valence-electron chi connectivity index (χ4n) is 0.516. The quantitative estimate of drug-likeness (QED) is 0.507. The lowest BCUT2D eigenvalue weighted by atomic mass is 10.2. The lowest BCUT2D eigenvalue weighted by Crippen LogP contribution is -2.26. The van der Waals surface area contributed by atoms with Crippen molar-refractivity contribution in [3.8, 4) is 0 Å². The molecule has 66 valence electrons. The van der Waals surface area contributed by atoms with E-state index in [1.165, 1.54) is 0 Å². The van der Waals surface area contributed by atoms with E-state index >= 15 is 0 Å². The first-order chi connectivity index (χ1) is 5.18. The van der Waals surface area contributed by atoms with Gasteiger partial charge in [0.15, 0.2) is 0 Å². The van der Waals surface area contributed by atoms with E-state index in [1.54, 1.807) is 6.92 Å². The molecule has 0 aliphatic heterocycles. The van der Waals surface area contributed by atoms with Gasteiger partial charge in [0.2, 0.25) is 5.91 Å². The molecule has 0 aliphatic carbocycles. The van der Waals surface area contributed by atoms with Crippen LogP contribution in [-0.4, -0.2) is 32.7 Å². The summed E-state index contributed by atoms with van der Waals surface area (Å²) in [7, 11) is 1.85. The van der Waals surface area contributed by atoms with Gasteiger partial charge in [0.1, 0.15) is 0 Å². The molecule has 0 aromatic rings. The van der Waals surface area contributed by atoms with Gasteiger partial charge in [-0.15, -0.1) is 0 Å². The number of rotatable bonds is 6. The molecule has 0 aromatic heterocycles. The number of primary amides is 1. The van der Waals surface area contributed by atoms with Gasteiger partial charge in [0.25, 0.3) is 0 Å². The Morgan fingerprint density at radius 2 is 2.36 bits per heavy atom. The molecular formula is C7H16N2O2. The Balaban J connectivity index is 3.17. The molecule has 0 aliphatic rings. The summed E-state index contributed by atoms with van der Waals surface area (Å²) in [5.74, 6) is -0.499. The van der Waals surface area contributed by atoms with Crippen LogP contribution in [0.2, 0.25) is 0 Å². The van der Waals surface area contributed by atoms with Crippen LogP contribution >= 0.6 is 0 Å². The molecule has 0 saturated carbocycles. The van der Waals surface area contributed by atoms with Crippen LogP contribution in [0.4, 0.5) is 0 Å².